The predicted octanol–water partition coefficient (Wildman–Crippen LogP) is 4.56. The van der Waals surface area contributed by atoms with E-state index in [2.05, 4.69) is 0 Å². The minimum atomic E-state index is -0.305. The summed E-state index contributed by atoms with van der Waals surface area (Å²) in [5.74, 6) is 0.141. The summed E-state index contributed by atoms with van der Waals surface area (Å²) < 4.78 is 5.32. The first-order valence-electron chi connectivity index (χ1n) is 11.5. The van der Waals surface area contributed by atoms with Crippen molar-refractivity contribution < 1.29 is 14.3 Å². The fourth-order valence-electron chi connectivity index (χ4n) is 4.55. The maximum Gasteiger partial charge on any atom is 0.266 e. The van der Waals surface area contributed by atoms with Gasteiger partial charge in [-0.1, -0.05) is 42.5 Å². The maximum absolute atomic E-state index is 13.4. The highest BCUT2D eigenvalue weighted by atomic mass is 32.1. The highest BCUT2D eigenvalue weighted by Gasteiger charge is 2.29. The number of amides is 2. The topological polar surface area (TPSA) is 112 Å². The van der Waals surface area contributed by atoms with Gasteiger partial charge in [-0.25, -0.2) is 4.98 Å². The first-order valence-corrected chi connectivity index (χ1v) is 12.3. The molecule has 4 aromatic rings. The summed E-state index contributed by atoms with van der Waals surface area (Å²) in [5, 5.41) is 0.773. The normalized spacial score (nSPS) is 14.3. The first kappa shape index (κ1) is 22.9. The summed E-state index contributed by atoms with van der Waals surface area (Å²) in [7, 11) is 1.63. The van der Waals surface area contributed by atoms with Gasteiger partial charge in [-0.15, -0.1) is 11.3 Å². The molecule has 0 unspecified atom stereocenters. The van der Waals surface area contributed by atoms with Gasteiger partial charge in [0, 0.05) is 30.0 Å². The van der Waals surface area contributed by atoms with Crippen LogP contribution in [0.15, 0.2) is 60.7 Å². The minimum absolute atomic E-state index is 0.129. The lowest BCUT2D eigenvalue weighted by molar-refractivity contribution is -0.123. The number of piperidine rings is 1. The van der Waals surface area contributed by atoms with Crippen molar-refractivity contribution in [2.24, 2.45) is 11.7 Å². The minimum Gasteiger partial charge on any atom is -0.497 e. The Labute approximate surface area is 207 Å². The molecule has 35 heavy (non-hydrogen) atoms. The molecule has 1 saturated heterocycles. The number of nitrogens with two attached hydrogens (primary N) is 2. The van der Waals surface area contributed by atoms with Crippen LogP contribution in [0.3, 0.4) is 0 Å². The first-order chi connectivity index (χ1) is 17.0. The summed E-state index contributed by atoms with van der Waals surface area (Å²) in [6.45, 7) is 0.961. The molecule has 1 aliphatic rings. The van der Waals surface area contributed by atoms with Gasteiger partial charge in [-0.05, 0) is 42.2 Å². The smallest absolute Gasteiger partial charge is 0.266 e. The van der Waals surface area contributed by atoms with E-state index in [9.17, 15) is 9.59 Å². The Bertz CT molecular complexity index is 1390. The number of primary amides is 1. The van der Waals surface area contributed by atoms with Crippen LogP contribution in [0.25, 0.3) is 32.6 Å². The fourth-order valence-corrected chi connectivity index (χ4v) is 5.63. The van der Waals surface area contributed by atoms with Crippen molar-refractivity contribution in [2.45, 2.75) is 12.8 Å². The highest BCUT2D eigenvalue weighted by Crippen LogP contribution is 2.42. The van der Waals surface area contributed by atoms with E-state index in [1.54, 1.807) is 12.0 Å². The number of likely N-dealkylation sites (tertiary alicyclic amines) is 1. The van der Waals surface area contributed by atoms with E-state index in [4.69, 9.17) is 21.2 Å². The average Bonchev–Trinajstić information content (AvgIpc) is 3.24. The molecule has 3 heterocycles. The molecule has 5 rings (SSSR count). The van der Waals surface area contributed by atoms with Gasteiger partial charge >= 0.3 is 0 Å². The van der Waals surface area contributed by atoms with Crippen molar-refractivity contribution in [1.29, 1.82) is 0 Å². The van der Waals surface area contributed by atoms with Crippen LogP contribution in [0.2, 0.25) is 0 Å². The summed E-state index contributed by atoms with van der Waals surface area (Å²) in [6, 6.07) is 19.7. The Morgan fingerprint density at radius 2 is 1.71 bits per heavy atom. The number of anilines is 1. The number of thiophene rings is 1. The molecular formula is C27H26N4O3S. The van der Waals surface area contributed by atoms with E-state index in [0.717, 1.165) is 33.5 Å². The number of aromatic nitrogens is 1. The van der Waals surface area contributed by atoms with E-state index in [-0.39, 0.29) is 17.7 Å². The van der Waals surface area contributed by atoms with Crippen LogP contribution in [0, 0.1) is 5.92 Å². The van der Waals surface area contributed by atoms with Crippen LogP contribution < -0.4 is 16.2 Å². The Morgan fingerprint density at radius 1 is 1.03 bits per heavy atom. The van der Waals surface area contributed by atoms with Crippen molar-refractivity contribution in [3.05, 3.63) is 65.5 Å². The van der Waals surface area contributed by atoms with Crippen molar-refractivity contribution >= 4 is 39.1 Å². The van der Waals surface area contributed by atoms with Crippen LogP contribution in [0.4, 0.5) is 5.69 Å². The molecule has 1 aliphatic heterocycles. The Kier molecular flexibility index (Phi) is 6.13. The van der Waals surface area contributed by atoms with Gasteiger partial charge in [-0.2, -0.15) is 0 Å². The molecule has 0 spiro atoms. The van der Waals surface area contributed by atoms with Gasteiger partial charge in [0.15, 0.2) is 0 Å². The molecule has 0 atom stereocenters. The second-order valence-electron chi connectivity index (χ2n) is 8.64. The van der Waals surface area contributed by atoms with Crippen LogP contribution in [0.5, 0.6) is 5.75 Å². The molecule has 8 heteroatoms. The number of nitrogen functional groups attached to an aromatic ring is 1. The number of methoxy groups -OCH3 is 1. The zero-order valence-corrected chi connectivity index (χ0v) is 20.2. The van der Waals surface area contributed by atoms with Crippen LogP contribution in [-0.2, 0) is 4.79 Å². The molecule has 0 aliphatic carbocycles. The summed E-state index contributed by atoms with van der Waals surface area (Å²) in [5.41, 5.74) is 16.2. The Morgan fingerprint density at radius 3 is 2.34 bits per heavy atom. The number of hydrogen-bond acceptors (Lipinski definition) is 6. The van der Waals surface area contributed by atoms with Crippen molar-refractivity contribution in [3.63, 3.8) is 0 Å². The fraction of sp³-hybridized carbons (Fsp3) is 0.222. The molecule has 0 saturated carbocycles. The van der Waals surface area contributed by atoms with Crippen LogP contribution >= 0.6 is 11.3 Å². The monoisotopic (exact) mass is 486 g/mol. The Balaban J connectivity index is 1.60. The van der Waals surface area contributed by atoms with Crippen LogP contribution in [0.1, 0.15) is 22.5 Å². The van der Waals surface area contributed by atoms with Gasteiger partial charge < -0.3 is 21.1 Å². The number of pyridine rings is 1. The average molecular weight is 487 g/mol. The maximum atomic E-state index is 13.4. The number of benzene rings is 2. The SMILES string of the molecule is COc1ccc(-c2cc(-c3ccccc3)nc3sc(C(=O)N4CCC(C(N)=O)CC4)c(N)c23)cc1. The molecule has 0 radical (unpaired) electrons. The standard InChI is InChI=1S/C27H26N4O3S/c1-34-19-9-7-16(8-10-19)20-15-21(17-5-3-2-4-6-17)30-26-22(20)23(28)24(35-26)27(33)31-13-11-18(12-14-31)25(29)32/h2-10,15,18H,11-14,28H2,1H3,(H2,29,32). The molecule has 1 fully saturated rings. The molecule has 2 amide bonds. The lowest BCUT2D eigenvalue weighted by Crippen LogP contribution is -2.41. The highest BCUT2D eigenvalue weighted by molar-refractivity contribution is 7.21. The van der Waals surface area contributed by atoms with Crippen molar-refractivity contribution in [1.82, 2.24) is 9.88 Å². The number of ether oxygens (including phenoxy) is 1. The number of carbonyl (C=O) groups excluding carboxylic acids is 2. The van der Waals surface area contributed by atoms with Crippen molar-refractivity contribution in [2.75, 3.05) is 25.9 Å². The molecule has 7 nitrogen and oxygen atoms in total. The number of carbonyl (C=O) groups is 2. The molecule has 2 aromatic heterocycles. The largest absolute Gasteiger partial charge is 0.497 e. The summed E-state index contributed by atoms with van der Waals surface area (Å²) in [4.78, 5) is 32.8. The molecule has 0 bridgehead atoms. The van der Waals surface area contributed by atoms with Gasteiger partial charge in [-0.3, -0.25) is 9.59 Å². The quantitative estimate of drug-likeness (QED) is 0.430. The predicted molar refractivity (Wildman–Crippen MR) is 139 cm³/mol. The zero-order valence-electron chi connectivity index (χ0n) is 19.4. The third kappa shape index (κ3) is 4.33. The van der Waals surface area contributed by atoms with E-state index < -0.39 is 0 Å². The third-order valence-corrected chi connectivity index (χ3v) is 7.64. The molecule has 4 N–H and O–H groups in total. The van der Waals surface area contributed by atoms with E-state index in [0.29, 0.717) is 41.3 Å². The van der Waals surface area contributed by atoms with E-state index in [1.165, 1.54) is 11.3 Å². The second kappa shape index (κ2) is 9.38. The van der Waals surface area contributed by atoms with Gasteiger partial charge in [0.25, 0.3) is 5.91 Å². The Hall–Kier alpha value is -3.91. The van der Waals surface area contributed by atoms with Crippen LogP contribution in [-0.4, -0.2) is 41.9 Å². The third-order valence-electron chi connectivity index (χ3n) is 6.55. The van der Waals surface area contributed by atoms with Gasteiger partial charge in [0.1, 0.15) is 15.5 Å². The molecule has 178 valence electrons. The summed E-state index contributed by atoms with van der Waals surface area (Å²) in [6.07, 6.45) is 1.14. The lowest BCUT2D eigenvalue weighted by atomic mass is 9.96. The van der Waals surface area contributed by atoms with Crippen molar-refractivity contribution in [3.8, 4) is 28.1 Å². The van der Waals surface area contributed by atoms with E-state index >= 15 is 0 Å². The summed E-state index contributed by atoms with van der Waals surface area (Å²) >= 11 is 1.31. The van der Waals surface area contributed by atoms with Gasteiger partial charge in [0.05, 0.1) is 18.5 Å². The number of fused-ring (bicyclic) bond motifs is 1. The second-order valence-corrected chi connectivity index (χ2v) is 9.64. The molecular weight excluding hydrogens is 460 g/mol. The number of rotatable bonds is 5. The van der Waals surface area contributed by atoms with E-state index in [1.807, 2.05) is 60.7 Å². The molecule has 2 aromatic carbocycles. The number of hydrogen-bond donors (Lipinski definition) is 2. The zero-order chi connectivity index (χ0) is 24.5. The lowest BCUT2D eigenvalue weighted by Gasteiger charge is -2.30. The number of nitrogens with zero attached hydrogens (tertiary/aromatic N) is 2. The van der Waals surface area contributed by atoms with Gasteiger partial charge in [0.2, 0.25) is 5.91 Å².